The van der Waals surface area contributed by atoms with Gasteiger partial charge in [-0.25, -0.2) is 0 Å². The fourth-order valence-electron chi connectivity index (χ4n) is 2.34. The average Bonchev–Trinajstić information content (AvgIpc) is 2.34. The molecule has 0 aliphatic carbocycles. The number of benzene rings is 1. The highest BCUT2D eigenvalue weighted by Gasteiger charge is 2.46. The number of fused-ring (bicyclic) bond motifs is 1. The second kappa shape index (κ2) is 5.11. The average molecular weight is 273 g/mol. The minimum Gasteiger partial charge on any atom is -0.481 e. The maximum Gasteiger partial charge on any atom is 0.402 e. The molecule has 0 amide bonds. The van der Waals surface area contributed by atoms with Crippen LogP contribution in [-0.4, -0.2) is 23.3 Å². The summed E-state index contributed by atoms with van der Waals surface area (Å²) in [6, 6.07) is 6.92. The first kappa shape index (κ1) is 13.7. The van der Waals surface area contributed by atoms with E-state index in [9.17, 15) is 18.0 Å². The number of aliphatic carboxylic acids is 1. The molecule has 1 aromatic carbocycles. The van der Waals surface area contributed by atoms with Crippen molar-refractivity contribution in [2.24, 2.45) is 5.92 Å². The van der Waals surface area contributed by atoms with Gasteiger partial charge in [-0.05, 0) is 30.9 Å². The predicted octanol–water partition coefficient (Wildman–Crippen LogP) is 3.07. The van der Waals surface area contributed by atoms with Crippen molar-refractivity contribution in [1.82, 2.24) is 0 Å². The first-order chi connectivity index (χ1) is 8.88. The molecule has 2 N–H and O–H groups in total. The van der Waals surface area contributed by atoms with Crippen molar-refractivity contribution in [3.63, 3.8) is 0 Å². The van der Waals surface area contributed by atoms with Gasteiger partial charge in [-0.15, -0.1) is 0 Å². The molecule has 2 rings (SSSR count). The van der Waals surface area contributed by atoms with Crippen LogP contribution in [0.25, 0.3) is 0 Å². The number of aryl methyl sites for hydroxylation is 1. The summed E-state index contributed by atoms with van der Waals surface area (Å²) in [5.74, 6) is -4.12. The van der Waals surface area contributed by atoms with Crippen LogP contribution >= 0.6 is 0 Å². The Bertz CT molecular complexity index is 473. The van der Waals surface area contributed by atoms with Crippen molar-refractivity contribution >= 4 is 11.7 Å². The Labute approximate surface area is 108 Å². The third-order valence-corrected chi connectivity index (χ3v) is 3.35. The lowest BCUT2D eigenvalue weighted by Gasteiger charge is -2.29. The first-order valence-corrected chi connectivity index (χ1v) is 6.02. The summed E-state index contributed by atoms with van der Waals surface area (Å²) >= 11 is 0. The standard InChI is InChI=1S/C13H14F3NO2/c14-13(15,16)10(12(18)19)7-9-6-5-8-3-1-2-4-11(8)17-9/h1-4,9-10,17H,5-7H2,(H,18,19)/t9-,10-/m1/s1. The second-order valence-electron chi connectivity index (χ2n) is 4.71. The summed E-state index contributed by atoms with van der Waals surface area (Å²) in [4.78, 5) is 10.7. The fraction of sp³-hybridized carbons (Fsp3) is 0.462. The number of hydrogen-bond donors (Lipinski definition) is 2. The van der Waals surface area contributed by atoms with Crippen LogP contribution in [0.1, 0.15) is 18.4 Å². The monoisotopic (exact) mass is 273 g/mol. The minimum absolute atomic E-state index is 0.437. The minimum atomic E-state index is -4.70. The van der Waals surface area contributed by atoms with Gasteiger partial charge in [0.25, 0.3) is 0 Å². The number of para-hydroxylation sites is 1. The quantitative estimate of drug-likeness (QED) is 0.889. The molecule has 6 heteroatoms. The number of carbonyl (C=O) groups is 1. The van der Waals surface area contributed by atoms with E-state index in [2.05, 4.69) is 5.32 Å². The molecule has 2 atom stereocenters. The van der Waals surface area contributed by atoms with E-state index in [1.54, 1.807) is 12.1 Å². The lowest BCUT2D eigenvalue weighted by molar-refractivity contribution is -0.195. The molecule has 1 aliphatic heterocycles. The molecule has 3 nitrogen and oxygen atoms in total. The van der Waals surface area contributed by atoms with Crippen LogP contribution in [-0.2, 0) is 11.2 Å². The van der Waals surface area contributed by atoms with E-state index in [1.165, 1.54) is 0 Å². The summed E-state index contributed by atoms with van der Waals surface area (Å²) in [7, 11) is 0. The molecule has 1 aliphatic rings. The van der Waals surface area contributed by atoms with E-state index in [-0.39, 0.29) is 0 Å². The number of halogens is 3. The van der Waals surface area contributed by atoms with Gasteiger partial charge in [0, 0.05) is 11.7 Å². The SMILES string of the molecule is O=C(O)[C@@H](C[C@H]1CCc2ccccc2N1)C(F)(F)F. The van der Waals surface area contributed by atoms with Crippen molar-refractivity contribution < 1.29 is 23.1 Å². The van der Waals surface area contributed by atoms with Crippen molar-refractivity contribution in [3.05, 3.63) is 29.8 Å². The summed E-state index contributed by atoms with van der Waals surface area (Å²) < 4.78 is 37.8. The van der Waals surface area contributed by atoms with Crippen LogP contribution in [0.15, 0.2) is 24.3 Å². The van der Waals surface area contributed by atoms with E-state index in [4.69, 9.17) is 5.11 Å². The van der Waals surface area contributed by atoms with Gasteiger partial charge in [-0.1, -0.05) is 18.2 Å². The highest BCUT2D eigenvalue weighted by molar-refractivity contribution is 5.71. The second-order valence-corrected chi connectivity index (χ2v) is 4.71. The summed E-state index contributed by atoms with van der Waals surface area (Å²) in [6.07, 6.45) is -3.97. The molecule has 0 fully saturated rings. The zero-order valence-electron chi connectivity index (χ0n) is 10.1. The van der Waals surface area contributed by atoms with Gasteiger partial charge in [0.2, 0.25) is 0 Å². The molecule has 0 saturated carbocycles. The fourth-order valence-corrected chi connectivity index (χ4v) is 2.34. The number of alkyl halides is 3. The Morgan fingerprint density at radius 2 is 2.11 bits per heavy atom. The molecule has 1 aromatic rings. The maximum atomic E-state index is 12.6. The lowest BCUT2D eigenvalue weighted by Crippen LogP contribution is -2.37. The number of rotatable bonds is 3. The third-order valence-electron chi connectivity index (χ3n) is 3.35. The molecule has 1 heterocycles. The lowest BCUT2D eigenvalue weighted by atomic mass is 9.91. The molecule has 104 valence electrons. The number of nitrogens with one attached hydrogen (secondary N) is 1. The van der Waals surface area contributed by atoms with E-state index in [1.807, 2.05) is 12.1 Å². The predicted molar refractivity (Wildman–Crippen MR) is 64.0 cm³/mol. The molecule has 0 radical (unpaired) electrons. The van der Waals surface area contributed by atoms with Gasteiger partial charge in [-0.3, -0.25) is 4.79 Å². The van der Waals surface area contributed by atoms with Crippen LogP contribution in [0.5, 0.6) is 0 Å². The Hall–Kier alpha value is -1.72. The number of carboxylic acids is 1. The van der Waals surface area contributed by atoms with E-state index in [0.29, 0.717) is 12.8 Å². The first-order valence-electron chi connectivity index (χ1n) is 6.02. The van der Waals surface area contributed by atoms with Crippen molar-refractivity contribution in [2.45, 2.75) is 31.5 Å². The molecule has 0 saturated heterocycles. The summed E-state index contributed by atoms with van der Waals surface area (Å²) in [5, 5.41) is 11.7. The van der Waals surface area contributed by atoms with E-state index >= 15 is 0 Å². The number of hydrogen-bond acceptors (Lipinski definition) is 2. The molecule has 0 unspecified atom stereocenters. The maximum absolute atomic E-state index is 12.6. The smallest absolute Gasteiger partial charge is 0.402 e. The van der Waals surface area contributed by atoms with Crippen LogP contribution in [0.4, 0.5) is 18.9 Å². The number of carboxylic acid groups (broad SMARTS) is 1. The van der Waals surface area contributed by atoms with Gasteiger partial charge >= 0.3 is 12.1 Å². The van der Waals surface area contributed by atoms with Crippen molar-refractivity contribution in [2.75, 3.05) is 5.32 Å². The zero-order valence-corrected chi connectivity index (χ0v) is 10.1. The Balaban J connectivity index is 2.07. The van der Waals surface area contributed by atoms with E-state index < -0.39 is 30.5 Å². The third kappa shape index (κ3) is 3.19. The van der Waals surface area contributed by atoms with Gasteiger partial charge in [0.15, 0.2) is 5.92 Å². The molecule has 0 bridgehead atoms. The molecular weight excluding hydrogens is 259 g/mol. The molecule has 0 spiro atoms. The van der Waals surface area contributed by atoms with Crippen LogP contribution in [0.2, 0.25) is 0 Å². The van der Waals surface area contributed by atoms with Crippen LogP contribution < -0.4 is 5.32 Å². The van der Waals surface area contributed by atoms with Gasteiger partial charge in [-0.2, -0.15) is 13.2 Å². The van der Waals surface area contributed by atoms with Gasteiger partial charge in [0.1, 0.15) is 0 Å². The number of anilines is 1. The summed E-state index contributed by atoms with van der Waals surface area (Å²) in [6.45, 7) is 0. The highest BCUT2D eigenvalue weighted by atomic mass is 19.4. The Kier molecular flexibility index (Phi) is 3.68. The summed E-state index contributed by atoms with van der Waals surface area (Å²) in [5.41, 5.74) is 1.85. The van der Waals surface area contributed by atoms with E-state index in [0.717, 1.165) is 11.3 Å². The van der Waals surface area contributed by atoms with Gasteiger partial charge in [0.05, 0.1) is 0 Å². The Morgan fingerprint density at radius 1 is 1.42 bits per heavy atom. The topological polar surface area (TPSA) is 49.3 Å². The zero-order chi connectivity index (χ0) is 14.0. The van der Waals surface area contributed by atoms with Crippen LogP contribution in [0.3, 0.4) is 0 Å². The normalized spacial score (nSPS) is 20.3. The largest absolute Gasteiger partial charge is 0.481 e. The Morgan fingerprint density at radius 3 is 2.74 bits per heavy atom. The van der Waals surface area contributed by atoms with Gasteiger partial charge < -0.3 is 10.4 Å². The highest BCUT2D eigenvalue weighted by Crippen LogP contribution is 2.33. The van der Waals surface area contributed by atoms with Crippen LogP contribution in [0, 0.1) is 5.92 Å². The molecule has 0 aromatic heterocycles. The molecule has 19 heavy (non-hydrogen) atoms. The van der Waals surface area contributed by atoms with Crippen molar-refractivity contribution in [1.29, 1.82) is 0 Å². The van der Waals surface area contributed by atoms with Crippen molar-refractivity contribution in [3.8, 4) is 0 Å². The molecular formula is C13H14F3NO2.